The number of aliphatic hydroxyl groups excluding tert-OH is 1. The maximum absolute atomic E-state index is 12.4. The van der Waals surface area contributed by atoms with Crippen molar-refractivity contribution in [3.63, 3.8) is 0 Å². The number of amides is 1. The molecule has 7 heteroatoms. The molecule has 1 aliphatic rings. The van der Waals surface area contributed by atoms with E-state index >= 15 is 0 Å². The minimum atomic E-state index is -0.492. The molecular formula is C27H35N3O4. The van der Waals surface area contributed by atoms with Gasteiger partial charge in [0.05, 0.1) is 11.4 Å². The zero-order valence-electron chi connectivity index (χ0n) is 20.7. The summed E-state index contributed by atoms with van der Waals surface area (Å²) in [5.41, 5.74) is 5.65. The number of rotatable bonds is 4. The second kappa shape index (κ2) is 9.29. The van der Waals surface area contributed by atoms with Crippen LogP contribution in [0.1, 0.15) is 62.0 Å². The third-order valence-electron chi connectivity index (χ3n) is 6.47. The summed E-state index contributed by atoms with van der Waals surface area (Å²) in [4.78, 5) is 22.0. The first-order chi connectivity index (χ1) is 16.1. The molecule has 0 bridgehead atoms. The third-order valence-corrected chi connectivity index (χ3v) is 6.47. The predicted molar refractivity (Wildman–Crippen MR) is 133 cm³/mol. The molecule has 182 valence electrons. The Morgan fingerprint density at radius 3 is 2.56 bits per heavy atom. The fourth-order valence-electron chi connectivity index (χ4n) is 4.85. The highest BCUT2D eigenvalue weighted by atomic mass is 16.6. The van der Waals surface area contributed by atoms with Crippen LogP contribution in [0.2, 0.25) is 0 Å². The Morgan fingerprint density at radius 2 is 1.91 bits per heavy atom. The van der Waals surface area contributed by atoms with Gasteiger partial charge in [0.25, 0.3) is 0 Å². The average molecular weight is 466 g/mol. The lowest BCUT2D eigenvalue weighted by Crippen LogP contribution is -2.41. The van der Waals surface area contributed by atoms with Crippen LogP contribution < -0.4 is 0 Å². The molecule has 3 aromatic rings. The van der Waals surface area contributed by atoms with Crippen LogP contribution in [0, 0.1) is 13.8 Å². The highest BCUT2D eigenvalue weighted by molar-refractivity contribution is 5.92. The van der Waals surface area contributed by atoms with E-state index in [4.69, 9.17) is 4.74 Å². The maximum Gasteiger partial charge on any atom is 0.410 e. The number of aromatic hydroxyl groups is 1. The van der Waals surface area contributed by atoms with Crippen molar-refractivity contribution in [2.75, 3.05) is 19.7 Å². The Bertz CT molecular complexity index is 1200. The number of hydrogen-bond donors (Lipinski definition) is 3. The number of pyridine rings is 1. The van der Waals surface area contributed by atoms with Gasteiger partial charge in [-0.15, -0.1) is 0 Å². The molecule has 34 heavy (non-hydrogen) atoms. The third kappa shape index (κ3) is 4.89. The summed E-state index contributed by atoms with van der Waals surface area (Å²) in [5, 5.41) is 21.6. The molecular weight excluding hydrogens is 430 g/mol. The zero-order chi connectivity index (χ0) is 24.6. The highest BCUT2D eigenvalue weighted by Gasteiger charge is 2.28. The number of nitrogens with zero attached hydrogens (tertiary/aromatic N) is 2. The number of aromatic amines is 1. The molecule has 4 rings (SSSR count). The normalized spacial score (nSPS) is 15.2. The van der Waals surface area contributed by atoms with Gasteiger partial charge in [-0.1, -0.05) is 6.07 Å². The van der Waals surface area contributed by atoms with Gasteiger partial charge in [-0.2, -0.15) is 0 Å². The van der Waals surface area contributed by atoms with Gasteiger partial charge < -0.3 is 24.8 Å². The molecule has 3 N–H and O–H groups in total. The Labute approximate surface area is 200 Å². The van der Waals surface area contributed by atoms with E-state index < -0.39 is 5.60 Å². The number of nitrogens with one attached hydrogen (secondary N) is 1. The molecule has 1 aromatic carbocycles. The minimum absolute atomic E-state index is 0.0161. The number of likely N-dealkylation sites (tertiary alicyclic amines) is 1. The molecule has 0 aliphatic carbocycles. The lowest BCUT2D eigenvalue weighted by atomic mass is 9.88. The van der Waals surface area contributed by atoms with E-state index in [9.17, 15) is 15.0 Å². The van der Waals surface area contributed by atoms with Crippen molar-refractivity contribution in [1.82, 2.24) is 14.9 Å². The second-order valence-electron chi connectivity index (χ2n) is 10.2. The summed E-state index contributed by atoms with van der Waals surface area (Å²) < 4.78 is 5.52. The van der Waals surface area contributed by atoms with E-state index in [-0.39, 0.29) is 18.4 Å². The van der Waals surface area contributed by atoms with Crippen molar-refractivity contribution in [2.45, 2.75) is 65.4 Å². The number of aryl methyl sites for hydroxylation is 2. The van der Waals surface area contributed by atoms with Crippen LogP contribution in [0.25, 0.3) is 22.2 Å². The van der Waals surface area contributed by atoms with E-state index in [1.165, 1.54) is 5.56 Å². The number of aliphatic hydroxyl groups is 1. The number of hydrogen-bond acceptors (Lipinski definition) is 5. The SMILES string of the molecule is Cc1cc(-c2[nH]c3ccc(C4CCN(C(=O)OC(C)(C)C)CC4)cc3c2CCO)c(O)c(C)n1. The molecule has 7 nitrogen and oxygen atoms in total. The van der Waals surface area contributed by atoms with E-state index in [1.807, 2.05) is 33.8 Å². The Hall–Kier alpha value is -3.06. The summed E-state index contributed by atoms with van der Waals surface area (Å²) in [6.07, 6.45) is 1.99. The molecule has 1 amide bonds. The van der Waals surface area contributed by atoms with Gasteiger partial charge in [0, 0.05) is 41.9 Å². The van der Waals surface area contributed by atoms with Crippen LogP contribution >= 0.6 is 0 Å². The molecule has 0 unspecified atom stereocenters. The van der Waals surface area contributed by atoms with Gasteiger partial charge in [-0.3, -0.25) is 4.98 Å². The monoisotopic (exact) mass is 465 g/mol. The van der Waals surface area contributed by atoms with Crippen LogP contribution in [-0.2, 0) is 11.2 Å². The van der Waals surface area contributed by atoms with Gasteiger partial charge in [0.15, 0.2) is 0 Å². The summed E-state index contributed by atoms with van der Waals surface area (Å²) in [7, 11) is 0. The van der Waals surface area contributed by atoms with Gasteiger partial charge in [0.2, 0.25) is 0 Å². The Kier molecular flexibility index (Phi) is 6.58. The van der Waals surface area contributed by atoms with Crippen LogP contribution in [0.3, 0.4) is 0 Å². The molecule has 0 atom stereocenters. The highest BCUT2D eigenvalue weighted by Crippen LogP contribution is 2.39. The first kappa shape index (κ1) is 24.1. The van der Waals surface area contributed by atoms with Crippen molar-refractivity contribution in [2.24, 2.45) is 0 Å². The molecule has 0 spiro atoms. The number of carbonyl (C=O) groups is 1. The van der Waals surface area contributed by atoms with Crippen molar-refractivity contribution < 1.29 is 19.7 Å². The number of piperidine rings is 1. The number of carbonyl (C=O) groups excluding carboxylic acids is 1. The lowest BCUT2D eigenvalue weighted by molar-refractivity contribution is 0.0205. The molecule has 1 fully saturated rings. The average Bonchev–Trinajstić information content (AvgIpc) is 3.13. The molecule has 0 saturated carbocycles. The summed E-state index contributed by atoms with van der Waals surface area (Å²) >= 11 is 0. The number of H-pyrrole nitrogens is 1. The first-order valence-electron chi connectivity index (χ1n) is 12.0. The predicted octanol–water partition coefficient (Wildman–Crippen LogP) is 5.20. The quantitative estimate of drug-likeness (QED) is 0.492. The van der Waals surface area contributed by atoms with Gasteiger partial charge in [-0.05, 0) is 89.1 Å². The van der Waals surface area contributed by atoms with E-state index in [0.717, 1.165) is 40.7 Å². The molecule has 3 heterocycles. The second-order valence-corrected chi connectivity index (χ2v) is 10.2. The lowest BCUT2D eigenvalue weighted by Gasteiger charge is -2.33. The fourth-order valence-corrected chi connectivity index (χ4v) is 4.85. The van der Waals surface area contributed by atoms with Crippen molar-refractivity contribution in [1.29, 1.82) is 0 Å². The van der Waals surface area contributed by atoms with Crippen LogP contribution in [0.4, 0.5) is 4.79 Å². The van der Waals surface area contributed by atoms with Crippen molar-refractivity contribution in [3.05, 3.63) is 46.8 Å². The molecule has 1 saturated heterocycles. The number of aromatic nitrogens is 2. The first-order valence-corrected chi connectivity index (χ1v) is 12.0. The van der Waals surface area contributed by atoms with Crippen molar-refractivity contribution in [3.8, 4) is 17.0 Å². The number of fused-ring (bicyclic) bond motifs is 1. The van der Waals surface area contributed by atoms with Gasteiger partial charge >= 0.3 is 6.09 Å². The molecule has 2 aromatic heterocycles. The number of ether oxygens (including phenoxy) is 1. The minimum Gasteiger partial charge on any atom is -0.505 e. The standard InChI is InChI=1S/C27H35N3O4/c1-16-14-22(25(32)17(2)28-16)24-20(10-13-31)21-15-19(6-7-23(21)29-24)18-8-11-30(12-9-18)26(33)34-27(3,4)5/h6-7,14-15,18,29,31-32H,8-13H2,1-5H3. The van der Waals surface area contributed by atoms with E-state index in [2.05, 4.69) is 28.2 Å². The zero-order valence-corrected chi connectivity index (χ0v) is 20.7. The summed E-state index contributed by atoms with van der Waals surface area (Å²) in [5.74, 6) is 0.508. The van der Waals surface area contributed by atoms with Gasteiger partial charge in [0.1, 0.15) is 11.4 Å². The topological polar surface area (TPSA) is 98.7 Å². The number of benzene rings is 1. The smallest absolute Gasteiger partial charge is 0.410 e. The largest absolute Gasteiger partial charge is 0.505 e. The molecule has 1 aliphatic heterocycles. The van der Waals surface area contributed by atoms with E-state index in [0.29, 0.717) is 36.7 Å². The Morgan fingerprint density at radius 1 is 1.21 bits per heavy atom. The fraction of sp³-hybridized carbons (Fsp3) is 0.481. The van der Waals surface area contributed by atoms with Crippen molar-refractivity contribution >= 4 is 17.0 Å². The summed E-state index contributed by atoms with van der Waals surface area (Å²) in [6.45, 7) is 10.7. The summed E-state index contributed by atoms with van der Waals surface area (Å²) in [6, 6.07) is 8.29. The van der Waals surface area contributed by atoms with Gasteiger partial charge in [-0.25, -0.2) is 4.79 Å². The van der Waals surface area contributed by atoms with E-state index in [1.54, 1.807) is 11.8 Å². The molecule has 0 radical (unpaired) electrons. The Balaban J connectivity index is 1.63. The van der Waals surface area contributed by atoms with Crippen LogP contribution in [0.15, 0.2) is 24.3 Å². The van der Waals surface area contributed by atoms with Crippen LogP contribution in [-0.4, -0.2) is 56.5 Å². The van der Waals surface area contributed by atoms with Crippen LogP contribution in [0.5, 0.6) is 5.75 Å². The maximum atomic E-state index is 12.4.